The number of likely N-dealkylation sites (tertiary alicyclic amines) is 1. The Hall–Kier alpha value is -0.940. The van der Waals surface area contributed by atoms with Crippen molar-refractivity contribution in [3.05, 3.63) is 0 Å². The van der Waals surface area contributed by atoms with Crippen LogP contribution in [0.5, 0.6) is 0 Å². The summed E-state index contributed by atoms with van der Waals surface area (Å²) < 4.78 is 5.43. The van der Waals surface area contributed by atoms with E-state index in [1.54, 1.807) is 0 Å². The van der Waals surface area contributed by atoms with Crippen molar-refractivity contribution in [3.8, 4) is 0 Å². The number of nitrogens with zero attached hydrogens (tertiary/aromatic N) is 1. The van der Waals surface area contributed by atoms with Crippen LogP contribution in [0.25, 0.3) is 0 Å². The summed E-state index contributed by atoms with van der Waals surface area (Å²) in [4.78, 5) is 25.9. The summed E-state index contributed by atoms with van der Waals surface area (Å²) in [7, 11) is 0. The second-order valence-electron chi connectivity index (χ2n) is 6.02. The SMILES string of the molecule is CC(C)OCCNC1CC(=O)N(C2CCCCC2)C1=O. The maximum atomic E-state index is 12.3. The number of nitrogens with one attached hydrogen (secondary N) is 1. The fourth-order valence-corrected chi connectivity index (χ4v) is 3.06. The van der Waals surface area contributed by atoms with E-state index in [1.165, 1.54) is 11.3 Å². The molecule has 5 nitrogen and oxygen atoms in total. The van der Waals surface area contributed by atoms with Gasteiger partial charge in [-0.1, -0.05) is 19.3 Å². The average Bonchev–Trinajstić information content (AvgIpc) is 2.70. The van der Waals surface area contributed by atoms with E-state index in [2.05, 4.69) is 5.32 Å². The largest absolute Gasteiger partial charge is 0.377 e. The maximum Gasteiger partial charge on any atom is 0.247 e. The predicted molar refractivity (Wildman–Crippen MR) is 76.2 cm³/mol. The summed E-state index contributed by atoms with van der Waals surface area (Å²) >= 11 is 0. The summed E-state index contributed by atoms with van der Waals surface area (Å²) in [6, 6.07) is -0.206. The molecule has 1 N–H and O–H groups in total. The zero-order chi connectivity index (χ0) is 14.5. The topological polar surface area (TPSA) is 58.6 Å². The Bertz CT molecular complexity index is 351. The van der Waals surface area contributed by atoms with Crippen LogP contribution in [0.3, 0.4) is 0 Å². The molecular formula is C15H26N2O3. The summed E-state index contributed by atoms with van der Waals surface area (Å²) in [5, 5.41) is 3.15. The quantitative estimate of drug-likeness (QED) is 0.592. The lowest BCUT2D eigenvalue weighted by Crippen LogP contribution is -2.45. The van der Waals surface area contributed by atoms with Crippen molar-refractivity contribution < 1.29 is 14.3 Å². The molecule has 0 aromatic carbocycles. The Kier molecular flexibility index (Phi) is 5.54. The standard InChI is InChI=1S/C15H26N2O3/c1-11(2)20-9-8-16-13-10-14(18)17(15(13)19)12-6-4-3-5-7-12/h11-13,16H,3-10H2,1-2H3. The lowest BCUT2D eigenvalue weighted by Gasteiger charge is -2.29. The zero-order valence-electron chi connectivity index (χ0n) is 12.6. The van der Waals surface area contributed by atoms with Gasteiger partial charge in [0.15, 0.2) is 0 Å². The minimum atomic E-state index is -0.347. The van der Waals surface area contributed by atoms with E-state index in [-0.39, 0.29) is 30.0 Å². The number of amides is 2. The molecule has 1 aliphatic heterocycles. The molecular weight excluding hydrogens is 256 g/mol. The minimum absolute atomic E-state index is 0.0100. The van der Waals surface area contributed by atoms with Gasteiger partial charge in [-0.15, -0.1) is 0 Å². The zero-order valence-corrected chi connectivity index (χ0v) is 12.6. The smallest absolute Gasteiger partial charge is 0.247 e. The van der Waals surface area contributed by atoms with Crippen molar-refractivity contribution in [2.24, 2.45) is 0 Å². The van der Waals surface area contributed by atoms with Crippen LogP contribution in [0, 0.1) is 0 Å². The van der Waals surface area contributed by atoms with E-state index in [0.29, 0.717) is 19.6 Å². The van der Waals surface area contributed by atoms with Gasteiger partial charge in [0.1, 0.15) is 0 Å². The summed E-state index contributed by atoms with van der Waals surface area (Å²) in [6.07, 6.45) is 5.92. The monoisotopic (exact) mass is 282 g/mol. The fourth-order valence-electron chi connectivity index (χ4n) is 3.06. The van der Waals surface area contributed by atoms with Crippen molar-refractivity contribution in [2.75, 3.05) is 13.2 Å². The number of ether oxygens (including phenoxy) is 1. The van der Waals surface area contributed by atoms with Gasteiger partial charge in [0.25, 0.3) is 0 Å². The molecule has 0 radical (unpaired) electrons. The second-order valence-corrected chi connectivity index (χ2v) is 6.02. The molecule has 2 aliphatic rings. The molecule has 2 fully saturated rings. The average molecular weight is 282 g/mol. The Morgan fingerprint density at radius 1 is 1.25 bits per heavy atom. The molecule has 114 valence electrons. The second kappa shape index (κ2) is 7.18. The number of hydrogen-bond acceptors (Lipinski definition) is 4. The van der Waals surface area contributed by atoms with Crippen molar-refractivity contribution >= 4 is 11.8 Å². The molecule has 2 amide bonds. The van der Waals surface area contributed by atoms with Crippen molar-refractivity contribution in [3.63, 3.8) is 0 Å². The van der Waals surface area contributed by atoms with E-state index in [4.69, 9.17) is 4.74 Å². The molecule has 0 aromatic heterocycles. The van der Waals surface area contributed by atoms with E-state index < -0.39 is 0 Å². The van der Waals surface area contributed by atoms with E-state index in [0.717, 1.165) is 25.7 Å². The molecule has 1 saturated carbocycles. The third kappa shape index (κ3) is 3.79. The Balaban J connectivity index is 1.81. The number of rotatable bonds is 6. The fraction of sp³-hybridized carbons (Fsp3) is 0.867. The predicted octanol–water partition coefficient (Wildman–Crippen LogP) is 1.46. The van der Waals surface area contributed by atoms with E-state index >= 15 is 0 Å². The maximum absolute atomic E-state index is 12.3. The van der Waals surface area contributed by atoms with Crippen LogP contribution in [0.15, 0.2) is 0 Å². The van der Waals surface area contributed by atoms with Crippen molar-refractivity contribution in [2.45, 2.75) is 70.6 Å². The molecule has 1 saturated heterocycles. The lowest BCUT2D eigenvalue weighted by atomic mass is 9.94. The van der Waals surface area contributed by atoms with Gasteiger partial charge >= 0.3 is 0 Å². The van der Waals surface area contributed by atoms with Gasteiger partial charge in [-0.25, -0.2) is 0 Å². The Morgan fingerprint density at radius 3 is 2.60 bits per heavy atom. The summed E-state index contributed by atoms with van der Waals surface area (Å²) in [5.74, 6) is -0.0457. The third-order valence-electron chi connectivity index (χ3n) is 4.07. The van der Waals surface area contributed by atoms with Gasteiger partial charge in [-0.2, -0.15) is 0 Å². The highest BCUT2D eigenvalue weighted by Crippen LogP contribution is 2.27. The number of carbonyl (C=O) groups is 2. The van der Waals surface area contributed by atoms with Gasteiger partial charge in [0, 0.05) is 12.6 Å². The van der Waals surface area contributed by atoms with Crippen LogP contribution < -0.4 is 5.32 Å². The number of imide groups is 1. The highest BCUT2D eigenvalue weighted by atomic mass is 16.5. The van der Waals surface area contributed by atoms with Crippen LogP contribution in [0.4, 0.5) is 0 Å². The molecule has 5 heteroatoms. The first-order valence-electron chi connectivity index (χ1n) is 7.80. The Morgan fingerprint density at radius 2 is 1.95 bits per heavy atom. The molecule has 0 spiro atoms. The first kappa shape index (κ1) is 15.4. The van der Waals surface area contributed by atoms with Crippen molar-refractivity contribution in [1.29, 1.82) is 0 Å². The minimum Gasteiger partial charge on any atom is -0.377 e. The molecule has 1 heterocycles. The van der Waals surface area contributed by atoms with Crippen LogP contribution in [0.2, 0.25) is 0 Å². The molecule has 0 bridgehead atoms. The number of carbonyl (C=O) groups excluding carboxylic acids is 2. The van der Waals surface area contributed by atoms with Gasteiger partial charge < -0.3 is 10.1 Å². The highest BCUT2D eigenvalue weighted by molar-refractivity contribution is 6.05. The first-order chi connectivity index (χ1) is 9.59. The molecule has 20 heavy (non-hydrogen) atoms. The third-order valence-corrected chi connectivity index (χ3v) is 4.07. The normalized spacial score (nSPS) is 24.9. The molecule has 1 atom stereocenters. The number of hydrogen-bond donors (Lipinski definition) is 1. The van der Waals surface area contributed by atoms with Crippen LogP contribution >= 0.6 is 0 Å². The van der Waals surface area contributed by atoms with Crippen LogP contribution in [-0.2, 0) is 14.3 Å². The molecule has 1 aliphatic carbocycles. The summed E-state index contributed by atoms with van der Waals surface area (Å²) in [5.41, 5.74) is 0. The van der Waals surface area contributed by atoms with Gasteiger partial charge in [-0.3, -0.25) is 14.5 Å². The Labute approximate surface area is 121 Å². The molecule has 0 aromatic rings. The van der Waals surface area contributed by atoms with E-state index in [1.807, 2.05) is 13.8 Å². The van der Waals surface area contributed by atoms with Crippen LogP contribution in [-0.4, -0.2) is 48.1 Å². The lowest BCUT2D eigenvalue weighted by molar-refractivity contribution is -0.142. The van der Waals surface area contributed by atoms with Gasteiger partial charge in [0.05, 0.1) is 25.2 Å². The van der Waals surface area contributed by atoms with E-state index in [9.17, 15) is 9.59 Å². The van der Waals surface area contributed by atoms with Crippen molar-refractivity contribution in [1.82, 2.24) is 10.2 Å². The van der Waals surface area contributed by atoms with Crippen LogP contribution in [0.1, 0.15) is 52.4 Å². The highest BCUT2D eigenvalue weighted by Gasteiger charge is 2.42. The first-order valence-corrected chi connectivity index (χ1v) is 7.80. The summed E-state index contributed by atoms with van der Waals surface area (Å²) in [6.45, 7) is 5.14. The molecule has 2 rings (SSSR count). The van der Waals surface area contributed by atoms with Gasteiger partial charge in [0.2, 0.25) is 11.8 Å². The molecule has 1 unspecified atom stereocenters. The van der Waals surface area contributed by atoms with Gasteiger partial charge in [-0.05, 0) is 26.7 Å².